The average Bonchev–Trinajstić information content (AvgIpc) is 3.02. The highest BCUT2D eigenvalue weighted by Crippen LogP contribution is 2.32. The fourth-order valence-corrected chi connectivity index (χ4v) is 4.78. The Morgan fingerprint density at radius 3 is 2.78 bits per heavy atom. The molecule has 2 heterocycles. The lowest BCUT2D eigenvalue weighted by Crippen LogP contribution is -2.35. The molecule has 0 radical (unpaired) electrons. The number of aryl methyl sites for hydroxylation is 1. The summed E-state index contributed by atoms with van der Waals surface area (Å²) < 4.78 is 22.8. The van der Waals surface area contributed by atoms with Gasteiger partial charge in [0.1, 0.15) is 9.88 Å². The van der Waals surface area contributed by atoms with Crippen molar-refractivity contribution in [3.05, 3.63) is 51.3 Å². The fraction of sp³-hybridized carbons (Fsp3) is 0.200. The number of hydrogen-bond donors (Lipinski definition) is 1. The molecule has 0 unspecified atom stereocenters. The molecular weight excluding hydrogens is 356 g/mol. The number of halogens is 1. The second kappa shape index (κ2) is 6.07. The molecule has 1 aromatic heterocycles. The molecule has 23 heavy (non-hydrogen) atoms. The first-order valence-corrected chi connectivity index (χ1v) is 9.71. The number of aromatic nitrogens is 1. The van der Waals surface area contributed by atoms with Crippen molar-refractivity contribution in [3.8, 4) is 10.6 Å². The molecule has 120 valence electrons. The van der Waals surface area contributed by atoms with Gasteiger partial charge in [0, 0.05) is 11.0 Å². The summed E-state index contributed by atoms with van der Waals surface area (Å²) in [5, 5.41) is 5.06. The first-order chi connectivity index (χ1) is 10.9. The maximum atomic E-state index is 12.4. The highest BCUT2D eigenvalue weighted by molar-refractivity contribution is 7.94. The summed E-state index contributed by atoms with van der Waals surface area (Å²) in [5.41, 5.74) is 1.36. The second-order valence-electron chi connectivity index (χ2n) is 5.15. The van der Waals surface area contributed by atoms with Crippen LogP contribution in [0.25, 0.3) is 10.6 Å². The van der Waals surface area contributed by atoms with Crippen LogP contribution in [0.1, 0.15) is 15.4 Å². The Kier molecular flexibility index (Phi) is 4.27. The molecule has 1 aliphatic rings. The Bertz CT molecular complexity index is 903. The molecule has 1 amide bonds. The number of hydrogen-bond acceptors (Lipinski definition) is 5. The summed E-state index contributed by atoms with van der Waals surface area (Å²) in [7, 11) is -3.20. The fourth-order valence-electron chi connectivity index (χ4n) is 2.26. The lowest BCUT2D eigenvalue weighted by atomic mass is 10.2. The highest BCUT2D eigenvalue weighted by atomic mass is 35.5. The molecule has 0 aliphatic carbocycles. The number of benzene rings is 1. The summed E-state index contributed by atoms with van der Waals surface area (Å²) in [6, 6.07) is 6.78. The monoisotopic (exact) mass is 368 g/mol. The zero-order chi connectivity index (χ0) is 16.6. The minimum atomic E-state index is -3.20. The maximum absolute atomic E-state index is 12.4. The van der Waals surface area contributed by atoms with Crippen LogP contribution in [-0.4, -0.2) is 31.1 Å². The highest BCUT2D eigenvalue weighted by Gasteiger charge is 2.25. The standard InChI is InChI=1S/C15H13ClN2O3S2/c1-9-13(14(19)18-10-6-7-23(20,21)8-10)22-15(17-9)11-4-2-3-5-12(11)16/h2-7,10H,8H2,1H3,(H,18,19)/t10-/m0/s1. The molecule has 1 N–H and O–H groups in total. The topological polar surface area (TPSA) is 76.1 Å². The molecule has 0 saturated carbocycles. The molecule has 1 atom stereocenters. The molecule has 0 bridgehead atoms. The van der Waals surface area contributed by atoms with Gasteiger partial charge < -0.3 is 5.32 Å². The van der Waals surface area contributed by atoms with E-state index in [4.69, 9.17) is 11.6 Å². The molecule has 8 heteroatoms. The van der Waals surface area contributed by atoms with Crippen molar-refractivity contribution in [2.24, 2.45) is 0 Å². The second-order valence-corrected chi connectivity index (χ2v) is 8.49. The van der Waals surface area contributed by atoms with Gasteiger partial charge in [0.15, 0.2) is 9.84 Å². The van der Waals surface area contributed by atoms with Gasteiger partial charge in [-0.1, -0.05) is 29.8 Å². The van der Waals surface area contributed by atoms with Crippen molar-refractivity contribution in [2.45, 2.75) is 13.0 Å². The largest absolute Gasteiger partial charge is 0.344 e. The van der Waals surface area contributed by atoms with Crippen LogP contribution in [0.2, 0.25) is 5.02 Å². The van der Waals surface area contributed by atoms with Gasteiger partial charge in [-0.05, 0) is 19.1 Å². The van der Waals surface area contributed by atoms with E-state index in [2.05, 4.69) is 10.3 Å². The van der Waals surface area contributed by atoms with Gasteiger partial charge >= 0.3 is 0 Å². The number of nitrogens with zero attached hydrogens (tertiary/aromatic N) is 1. The van der Waals surface area contributed by atoms with E-state index in [9.17, 15) is 13.2 Å². The Morgan fingerprint density at radius 1 is 1.39 bits per heavy atom. The van der Waals surface area contributed by atoms with E-state index in [1.54, 1.807) is 13.0 Å². The summed E-state index contributed by atoms with van der Waals surface area (Å²) in [6.07, 6.45) is 1.48. The zero-order valence-corrected chi connectivity index (χ0v) is 14.5. The zero-order valence-electron chi connectivity index (χ0n) is 12.1. The maximum Gasteiger partial charge on any atom is 0.263 e. The van der Waals surface area contributed by atoms with Crippen molar-refractivity contribution in [1.29, 1.82) is 0 Å². The summed E-state index contributed by atoms with van der Waals surface area (Å²) in [6.45, 7) is 1.74. The van der Waals surface area contributed by atoms with E-state index in [-0.39, 0.29) is 11.7 Å². The van der Waals surface area contributed by atoms with E-state index in [1.165, 1.54) is 17.4 Å². The van der Waals surface area contributed by atoms with E-state index in [0.29, 0.717) is 20.6 Å². The van der Waals surface area contributed by atoms with Crippen LogP contribution in [-0.2, 0) is 9.84 Å². The van der Waals surface area contributed by atoms with Crippen LogP contribution in [0.5, 0.6) is 0 Å². The van der Waals surface area contributed by atoms with Gasteiger partial charge in [-0.25, -0.2) is 13.4 Å². The van der Waals surface area contributed by atoms with Gasteiger partial charge in [-0.15, -0.1) is 11.3 Å². The third kappa shape index (κ3) is 3.46. The molecule has 0 fully saturated rings. The first kappa shape index (κ1) is 16.2. The van der Waals surface area contributed by atoms with Crippen LogP contribution in [0.15, 0.2) is 35.7 Å². The minimum absolute atomic E-state index is 0.103. The number of carbonyl (C=O) groups is 1. The van der Waals surface area contributed by atoms with Gasteiger partial charge in [0.05, 0.1) is 22.5 Å². The van der Waals surface area contributed by atoms with Crippen LogP contribution >= 0.6 is 22.9 Å². The molecule has 2 aromatic rings. The molecular formula is C15H13ClN2O3S2. The number of nitrogens with one attached hydrogen (secondary N) is 1. The number of sulfone groups is 1. The molecule has 0 spiro atoms. The number of rotatable bonds is 3. The van der Waals surface area contributed by atoms with Crippen molar-refractivity contribution >= 4 is 38.7 Å². The van der Waals surface area contributed by atoms with E-state index in [1.807, 2.05) is 18.2 Å². The minimum Gasteiger partial charge on any atom is -0.344 e. The number of amides is 1. The Labute approximate surface area is 142 Å². The van der Waals surface area contributed by atoms with Gasteiger partial charge in [0.25, 0.3) is 5.91 Å². The third-order valence-electron chi connectivity index (χ3n) is 3.35. The van der Waals surface area contributed by atoms with E-state index >= 15 is 0 Å². The Morgan fingerprint density at radius 2 is 2.13 bits per heavy atom. The van der Waals surface area contributed by atoms with Crippen LogP contribution in [0.4, 0.5) is 0 Å². The van der Waals surface area contributed by atoms with Gasteiger partial charge in [0.2, 0.25) is 0 Å². The third-order valence-corrected chi connectivity index (χ3v) is 6.27. The van der Waals surface area contributed by atoms with Gasteiger partial charge in [-0.2, -0.15) is 0 Å². The molecule has 1 aliphatic heterocycles. The summed E-state index contributed by atoms with van der Waals surface area (Å²) in [4.78, 5) is 17.2. The SMILES string of the molecule is Cc1nc(-c2ccccc2Cl)sc1C(=O)N[C@H]1C=CS(=O)(=O)C1. The van der Waals surface area contributed by atoms with Crippen LogP contribution < -0.4 is 5.32 Å². The predicted octanol–water partition coefficient (Wildman–Crippen LogP) is 2.81. The quantitative estimate of drug-likeness (QED) is 0.903. The number of thiazole rings is 1. The van der Waals surface area contributed by atoms with Crippen LogP contribution in [0, 0.1) is 6.92 Å². The van der Waals surface area contributed by atoms with Crippen LogP contribution in [0.3, 0.4) is 0 Å². The van der Waals surface area contributed by atoms with Crippen molar-refractivity contribution < 1.29 is 13.2 Å². The van der Waals surface area contributed by atoms with Gasteiger partial charge in [-0.3, -0.25) is 4.79 Å². The first-order valence-electron chi connectivity index (χ1n) is 6.80. The summed E-state index contributed by atoms with van der Waals surface area (Å²) >= 11 is 7.40. The molecule has 3 rings (SSSR count). The molecule has 0 saturated heterocycles. The normalized spacial score (nSPS) is 19.0. The molecule has 1 aromatic carbocycles. The summed E-state index contributed by atoms with van der Waals surface area (Å²) in [5.74, 6) is -0.432. The Hall–Kier alpha value is -1.70. The van der Waals surface area contributed by atoms with E-state index in [0.717, 1.165) is 11.0 Å². The van der Waals surface area contributed by atoms with Crippen molar-refractivity contribution in [2.75, 3.05) is 5.75 Å². The predicted molar refractivity (Wildman–Crippen MR) is 91.5 cm³/mol. The van der Waals surface area contributed by atoms with Crippen molar-refractivity contribution in [3.63, 3.8) is 0 Å². The molecule has 5 nitrogen and oxygen atoms in total. The van der Waals surface area contributed by atoms with Crippen molar-refractivity contribution in [1.82, 2.24) is 10.3 Å². The average molecular weight is 369 g/mol. The lowest BCUT2D eigenvalue weighted by molar-refractivity contribution is 0.0951. The Balaban J connectivity index is 1.83. The number of carbonyl (C=O) groups excluding carboxylic acids is 1. The smallest absolute Gasteiger partial charge is 0.263 e. The van der Waals surface area contributed by atoms with E-state index < -0.39 is 15.9 Å². The lowest BCUT2D eigenvalue weighted by Gasteiger charge is -2.08.